The van der Waals surface area contributed by atoms with E-state index in [1.54, 1.807) is 13.2 Å². The number of hydrogen-bond donors (Lipinski definition) is 2. The molecule has 1 atom stereocenters. The molecule has 1 aromatic carbocycles. The van der Waals surface area contributed by atoms with E-state index in [0.717, 1.165) is 11.3 Å². The van der Waals surface area contributed by atoms with Crippen molar-refractivity contribution >= 4 is 11.6 Å². The van der Waals surface area contributed by atoms with Crippen LogP contribution in [0.3, 0.4) is 0 Å². The van der Waals surface area contributed by atoms with Gasteiger partial charge in [0.15, 0.2) is 0 Å². The molecule has 0 amide bonds. The number of halogens is 1. The van der Waals surface area contributed by atoms with Crippen LogP contribution >= 0.6 is 11.6 Å². The molecule has 1 aromatic rings. The summed E-state index contributed by atoms with van der Waals surface area (Å²) in [6.07, 6.45) is 2.02. The summed E-state index contributed by atoms with van der Waals surface area (Å²) in [5.41, 5.74) is 4.84. The summed E-state index contributed by atoms with van der Waals surface area (Å²) in [6.45, 7) is 4.03. The Hall–Kier alpha value is -1.03. The van der Waals surface area contributed by atoms with Gasteiger partial charge >= 0.3 is 0 Å². The van der Waals surface area contributed by atoms with E-state index in [2.05, 4.69) is 5.43 Å². The van der Waals surface area contributed by atoms with Crippen molar-refractivity contribution < 1.29 is 4.74 Å². The fourth-order valence-electron chi connectivity index (χ4n) is 1.51. The van der Waals surface area contributed by atoms with Crippen molar-refractivity contribution in [1.29, 1.82) is 0 Å². The molecule has 88 valence electrons. The van der Waals surface area contributed by atoms with Crippen molar-refractivity contribution in [3.8, 4) is 5.75 Å². The Balaban J connectivity index is 3.17. The Morgan fingerprint density at radius 3 is 2.69 bits per heavy atom. The zero-order chi connectivity index (χ0) is 12.1. The Labute approximate surface area is 101 Å². The SMILES string of the molecule is COc1ccc(Cl)cc1C(C=C(C)C)NN. The fraction of sp³-hybridized carbons (Fsp3) is 0.333. The number of hydrazine groups is 1. The zero-order valence-electron chi connectivity index (χ0n) is 9.75. The van der Waals surface area contributed by atoms with Crippen LogP contribution in [-0.2, 0) is 0 Å². The molecule has 16 heavy (non-hydrogen) atoms. The number of methoxy groups -OCH3 is 1. The molecular weight excluding hydrogens is 224 g/mol. The van der Waals surface area contributed by atoms with Crippen molar-refractivity contribution in [3.05, 3.63) is 40.4 Å². The smallest absolute Gasteiger partial charge is 0.124 e. The summed E-state index contributed by atoms with van der Waals surface area (Å²) < 4.78 is 5.28. The minimum Gasteiger partial charge on any atom is -0.496 e. The molecule has 0 saturated heterocycles. The molecule has 1 rings (SSSR count). The van der Waals surface area contributed by atoms with E-state index in [9.17, 15) is 0 Å². The van der Waals surface area contributed by atoms with Crippen molar-refractivity contribution in [1.82, 2.24) is 5.43 Å². The molecule has 3 nitrogen and oxygen atoms in total. The van der Waals surface area contributed by atoms with Gasteiger partial charge in [-0.2, -0.15) is 0 Å². The predicted octanol–water partition coefficient (Wildman–Crippen LogP) is 2.82. The molecule has 0 saturated carbocycles. The number of allylic oxidation sites excluding steroid dienone is 1. The second kappa shape index (κ2) is 5.89. The highest BCUT2D eigenvalue weighted by molar-refractivity contribution is 6.30. The van der Waals surface area contributed by atoms with E-state index in [1.807, 2.05) is 32.1 Å². The number of hydrogen-bond acceptors (Lipinski definition) is 3. The Morgan fingerprint density at radius 2 is 2.19 bits per heavy atom. The molecule has 4 heteroatoms. The first kappa shape index (κ1) is 13.0. The molecule has 0 radical (unpaired) electrons. The number of benzene rings is 1. The molecule has 0 heterocycles. The number of ether oxygens (including phenoxy) is 1. The highest BCUT2D eigenvalue weighted by Crippen LogP contribution is 2.29. The molecule has 3 N–H and O–H groups in total. The van der Waals surface area contributed by atoms with Gasteiger partial charge in [-0.15, -0.1) is 0 Å². The molecule has 0 aromatic heterocycles. The van der Waals surface area contributed by atoms with Crippen LogP contribution in [0, 0.1) is 0 Å². The first-order valence-corrected chi connectivity index (χ1v) is 5.41. The largest absolute Gasteiger partial charge is 0.496 e. The molecule has 0 fully saturated rings. The third-order valence-corrected chi connectivity index (χ3v) is 2.44. The summed E-state index contributed by atoms with van der Waals surface area (Å²) in [7, 11) is 1.63. The average Bonchev–Trinajstić information content (AvgIpc) is 2.25. The summed E-state index contributed by atoms with van der Waals surface area (Å²) in [4.78, 5) is 0. The van der Waals surface area contributed by atoms with Crippen LogP contribution in [0.15, 0.2) is 29.8 Å². The lowest BCUT2D eigenvalue weighted by molar-refractivity contribution is 0.405. The van der Waals surface area contributed by atoms with Crippen LogP contribution in [-0.4, -0.2) is 7.11 Å². The molecule has 0 bridgehead atoms. The van der Waals surface area contributed by atoms with Crippen molar-refractivity contribution in [2.45, 2.75) is 19.9 Å². The minimum absolute atomic E-state index is 0.0985. The maximum atomic E-state index is 5.97. The van der Waals surface area contributed by atoms with Gasteiger partial charge < -0.3 is 4.74 Å². The molecule has 1 unspecified atom stereocenters. The monoisotopic (exact) mass is 240 g/mol. The zero-order valence-corrected chi connectivity index (χ0v) is 10.5. The van der Waals surface area contributed by atoms with Crippen molar-refractivity contribution in [2.24, 2.45) is 5.84 Å². The molecule has 0 aliphatic rings. The van der Waals surface area contributed by atoms with E-state index in [0.29, 0.717) is 5.02 Å². The summed E-state index contributed by atoms with van der Waals surface area (Å²) in [5, 5.41) is 0.665. The average molecular weight is 241 g/mol. The van der Waals surface area contributed by atoms with Crippen LogP contribution in [0.25, 0.3) is 0 Å². The van der Waals surface area contributed by atoms with E-state index in [4.69, 9.17) is 22.2 Å². The Morgan fingerprint density at radius 1 is 1.50 bits per heavy atom. The van der Waals surface area contributed by atoms with Gasteiger partial charge in [-0.05, 0) is 32.0 Å². The van der Waals surface area contributed by atoms with Crippen LogP contribution in [0.1, 0.15) is 25.5 Å². The highest BCUT2D eigenvalue weighted by Gasteiger charge is 2.12. The lowest BCUT2D eigenvalue weighted by Gasteiger charge is -2.16. The maximum absolute atomic E-state index is 5.97. The normalized spacial score (nSPS) is 12.1. The molecular formula is C12H17ClN2O. The van der Waals surface area contributed by atoms with Gasteiger partial charge in [0.05, 0.1) is 13.2 Å². The second-order valence-corrected chi connectivity index (χ2v) is 4.21. The lowest BCUT2D eigenvalue weighted by atomic mass is 10.0. The summed E-state index contributed by atoms with van der Waals surface area (Å²) >= 11 is 5.97. The molecule has 0 aliphatic heterocycles. The first-order valence-electron chi connectivity index (χ1n) is 5.03. The maximum Gasteiger partial charge on any atom is 0.124 e. The summed E-state index contributed by atoms with van der Waals surface area (Å²) in [5.74, 6) is 6.30. The Kier molecular flexibility index (Phi) is 4.80. The van der Waals surface area contributed by atoms with Crippen LogP contribution in [0.2, 0.25) is 5.02 Å². The van der Waals surface area contributed by atoms with Gasteiger partial charge in [-0.1, -0.05) is 23.3 Å². The van der Waals surface area contributed by atoms with Gasteiger partial charge in [0, 0.05) is 10.6 Å². The number of nitrogens with one attached hydrogen (secondary N) is 1. The third kappa shape index (κ3) is 3.23. The van der Waals surface area contributed by atoms with Gasteiger partial charge in [-0.25, -0.2) is 5.43 Å². The predicted molar refractivity (Wildman–Crippen MR) is 67.5 cm³/mol. The lowest BCUT2D eigenvalue weighted by Crippen LogP contribution is -2.27. The van der Waals surface area contributed by atoms with E-state index < -0.39 is 0 Å². The van der Waals surface area contributed by atoms with Gasteiger partial charge in [0.2, 0.25) is 0 Å². The minimum atomic E-state index is -0.0985. The molecule has 0 spiro atoms. The van der Waals surface area contributed by atoms with Crippen LogP contribution < -0.4 is 16.0 Å². The van der Waals surface area contributed by atoms with Gasteiger partial charge in [0.1, 0.15) is 5.75 Å². The van der Waals surface area contributed by atoms with Crippen LogP contribution in [0.5, 0.6) is 5.75 Å². The topological polar surface area (TPSA) is 47.3 Å². The highest BCUT2D eigenvalue weighted by atomic mass is 35.5. The second-order valence-electron chi connectivity index (χ2n) is 3.77. The first-order chi connectivity index (χ1) is 7.58. The summed E-state index contributed by atoms with van der Waals surface area (Å²) in [6, 6.07) is 5.38. The van der Waals surface area contributed by atoms with Crippen molar-refractivity contribution in [2.75, 3.05) is 7.11 Å². The van der Waals surface area contributed by atoms with Crippen LogP contribution in [0.4, 0.5) is 0 Å². The van der Waals surface area contributed by atoms with Gasteiger partial charge in [-0.3, -0.25) is 5.84 Å². The number of nitrogens with two attached hydrogens (primary N) is 1. The van der Waals surface area contributed by atoms with Gasteiger partial charge in [0.25, 0.3) is 0 Å². The van der Waals surface area contributed by atoms with E-state index in [-0.39, 0.29) is 6.04 Å². The number of rotatable bonds is 4. The molecule has 0 aliphatic carbocycles. The Bertz CT molecular complexity index is 387. The quantitative estimate of drug-likeness (QED) is 0.483. The standard InChI is InChI=1S/C12H17ClN2O/c1-8(2)6-11(15-14)10-7-9(13)4-5-12(10)16-3/h4-7,11,15H,14H2,1-3H3. The van der Waals surface area contributed by atoms with Crippen molar-refractivity contribution in [3.63, 3.8) is 0 Å². The third-order valence-electron chi connectivity index (χ3n) is 2.21. The fourth-order valence-corrected chi connectivity index (χ4v) is 1.69. The van der Waals surface area contributed by atoms with E-state index in [1.165, 1.54) is 5.57 Å². The van der Waals surface area contributed by atoms with E-state index >= 15 is 0 Å².